The highest BCUT2D eigenvalue weighted by Crippen LogP contribution is 2.36. The Balaban J connectivity index is 2.44. The average Bonchev–Trinajstić information content (AvgIpc) is 2.88. The average molecular weight is 294 g/mol. The van der Waals surface area contributed by atoms with Gasteiger partial charge in [0.25, 0.3) is 0 Å². The van der Waals surface area contributed by atoms with E-state index >= 15 is 0 Å². The zero-order valence-corrected chi connectivity index (χ0v) is 13.0. The van der Waals surface area contributed by atoms with E-state index in [-0.39, 0.29) is 17.9 Å². The van der Waals surface area contributed by atoms with Crippen molar-refractivity contribution in [3.63, 3.8) is 0 Å². The molecule has 1 unspecified atom stereocenters. The quantitative estimate of drug-likeness (QED) is 0.785. The van der Waals surface area contributed by atoms with Crippen LogP contribution in [0.1, 0.15) is 27.7 Å². The van der Waals surface area contributed by atoms with Gasteiger partial charge in [-0.2, -0.15) is 0 Å². The van der Waals surface area contributed by atoms with Gasteiger partial charge in [0.15, 0.2) is 0 Å². The first kappa shape index (κ1) is 15.4. The molecule has 6 nitrogen and oxygen atoms in total. The van der Waals surface area contributed by atoms with E-state index in [1.807, 2.05) is 18.7 Å². The fourth-order valence-electron chi connectivity index (χ4n) is 2.89. The van der Waals surface area contributed by atoms with E-state index in [1.165, 1.54) is 0 Å². The van der Waals surface area contributed by atoms with E-state index < -0.39 is 0 Å². The summed E-state index contributed by atoms with van der Waals surface area (Å²) in [5.74, 6) is -0.338. The van der Waals surface area contributed by atoms with Crippen LogP contribution in [0.4, 0.5) is 0 Å². The van der Waals surface area contributed by atoms with Crippen molar-refractivity contribution in [3.8, 4) is 0 Å². The molecule has 0 spiro atoms. The van der Waals surface area contributed by atoms with Crippen LogP contribution in [-0.2, 0) is 19.1 Å². The topological polar surface area (TPSA) is 67.9 Å². The van der Waals surface area contributed by atoms with E-state index in [1.54, 1.807) is 13.8 Å². The van der Waals surface area contributed by atoms with Crippen LogP contribution in [0.15, 0.2) is 22.7 Å². The van der Waals surface area contributed by atoms with Gasteiger partial charge in [-0.25, -0.2) is 9.59 Å². The molecule has 0 aromatic heterocycles. The molecule has 0 aromatic carbocycles. The molecule has 2 heterocycles. The lowest BCUT2D eigenvalue weighted by molar-refractivity contribution is -0.140. The summed E-state index contributed by atoms with van der Waals surface area (Å²) < 4.78 is 10.3. The number of carbonyl (C=O) groups excluding carboxylic acids is 2. The predicted octanol–water partition coefficient (Wildman–Crippen LogP) is 1.15. The van der Waals surface area contributed by atoms with Gasteiger partial charge in [0.05, 0.1) is 24.4 Å². The highest BCUT2D eigenvalue weighted by Gasteiger charge is 2.40. The van der Waals surface area contributed by atoms with Crippen LogP contribution in [0, 0.1) is 5.92 Å². The zero-order chi connectivity index (χ0) is 15.6. The van der Waals surface area contributed by atoms with Gasteiger partial charge in [-0.3, -0.25) is 0 Å². The number of nitrogens with one attached hydrogen (secondary N) is 1. The number of fused-ring (bicyclic) bond motifs is 1. The van der Waals surface area contributed by atoms with Crippen molar-refractivity contribution in [1.82, 2.24) is 10.2 Å². The van der Waals surface area contributed by atoms with Crippen molar-refractivity contribution in [3.05, 3.63) is 22.7 Å². The van der Waals surface area contributed by atoms with Crippen molar-refractivity contribution in [2.75, 3.05) is 26.3 Å². The maximum absolute atomic E-state index is 12.3. The molecule has 6 heteroatoms. The minimum Gasteiger partial charge on any atom is -0.463 e. The van der Waals surface area contributed by atoms with Gasteiger partial charge in [0, 0.05) is 24.7 Å². The third-order valence-corrected chi connectivity index (χ3v) is 3.80. The molecule has 1 atom stereocenters. The fourth-order valence-corrected chi connectivity index (χ4v) is 2.89. The van der Waals surface area contributed by atoms with Crippen LogP contribution in [-0.4, -0.2) is 43.1 Å². The second kappa shape index (κ2) is 6.20. The number of hydrogen-bond acceptors (Lipinski definition) is 6. The van der Waals surface area contributed by atoms with Crippen LogP contribution in [0.3, 0.4) is 0 Å². The zero-order valence-electron chi connectivity index (χ0n) is 13.0. The van der Waals surface area contributed by atoms with E-state index in [9.17, 15) is 9.59 Å². The third-order valence-electron chi connectivity index (χ3n) is 3.80. The summed E-state index contributed by atoms with van der Waals surface area (Å²) >= 11 is 0. The summed E-state index contributed by atoms with van der Waals surface area (Å²) in [6.07, 6.45) is 0. The molecule has 2 rings (SSSR count). The molecule has 21 heavy (non-hydrogen) atoms. The second-order valence-electron chi connectivity index (χ2n) is 5.00. The summed E-state index contributed by atoms with van der Waals surface area (Å²) in [7, 11) is 0. The van der Waals surface area contributed by atoms with Crippen molar-refractivity contribution < 1.29 is 19.1 Å². The third kappa shape index (κ3) is 2.62. The Morgan fingerprint density at radius 3 is 2.33 bits per heavy atom. The molecular weight excluding hydrogens is 272 g/mol. The molecule has 2 aliphatic rings. The maximum atomic E-state index is 12.3. The van der Waals surface area contributed by atoms with Gasteiger partial charge in [-0.05, 0) is 20.8 Å². The van der Waals surface area contributed by atoms with Gasteiger partial charge in [0.2, 0.25) is 0 Å². The van der Waals surface area contributed by atoms with Gasteiger partial charge < -0.3 is 19.7 Å². The minimum absolute atomic E-state index is 0.305. The fraction of sp³-hybridized carbons (Fsp3) is 0.600. The van der Waals surface area contributed by atoms with Crippen molar-refractivity contribution in [2.45, 2.75) is 27.7 Å². The molecule has 116 valence electrons. The van der Waals surface area contributed by atoms with Crippen LogP contribution in [0.25, 0.3) is 0 Å². The summed E-state index contributed by atoms with van der Waals surface area (Å²) in [5, 5.41) is 3.22. The van der Waals surface area contributed by atoms with Crippen LogP contribution in [0.2, 0.25) is 0 Å². The maximum Gasteiger partial charge on any atom is 0.338 e. The Morgan fingerprint density at radius 2 is 1.76 bits per heavy atom. The number of carbonyl (C=O) groups is 2. The van der Waals surface area contributed by atoms with E-state index in [4.69, 9.17) is 9.47 Å². The molecule has 0 bridgehead atoms. The molecule has 2 aliphatic heterocycles. The van der Waals surface area contributed by atoms with Crippen LogP contribution >= 0.6 is 0 Å². The lowest BCUT2D eigenvalue weighted by Gasteiger charge is -2.33. The SMILES string of the molecule is CCOC(=O)C1=C(C)N2CCNC2=C(C(=O)OCC)C1C. The van der Waals surface area contributed by atoms with E-state index in [0.29, 0.717) is 24.4 Å². The number of esters is 2. The molecule has 1 fully saturated rings. The van der Waals surface area contributed by atoms with Gasteiger partial charge in [0.1, 0.15) is 5.82 Å². The normalized spacial score (nSPS) is 21.1. The lowest BCUT2D eigenvalue weighted by Crippen LogP contribution is -2.35. The van der Waals surface area contributed by atoms with Gasteiger partial charge in [-0.1, -0.05) is 6.92 Å². The minimum atomic E-state index is -0.381. The predicted molar refractivity (Wildman–Crippen MR) is 76.9 cm³/mol. The van der Waals surface area contributed by atoms with Crippen molar-refractivity contribution in [2.24, 2.45) is 5.92 Å². The van der Waals surface area contributed by atoms with Crippen molar-refractivity contribution in [1.29, 1.82) is 0 Å². The Bertz CT molecular complexity index is 522. The Hall–Kier alpha value is -1.98. The smallest absolute Gasteiger partial charge is 0.338 e. The molecule has 0 radical (unpaired) electrons. The first-order valence-electron chi connectivity index (χ1n) is 7.33. The molecule has 0 amide bonds. The molecule has 1 N–H and O–H groups in total. The Kier molecular flexibility index (Phi) is 4.55. The highest BCUT2D eigenvalue weighted by molar-refractivity contribution is 5.97. The van der Waals surface area contributed by atoms with Crippen molar-refractivity contribution >= 4 is 11.9 Å². The Labute approximate surface area is 124 Å². The van der Waals surface area contributed by atoms with Gasteiger partial charge in [-0.15, -0.1) is 0 Å². The largest absolute Gasteiger partial charge is 0.463 e. The molecule has 0 aliphatic carbocycles. The molecule has 1 saturated heterocycles. The first-order chi connectivity index (χ1) is 10.0. The van der Waals surface area contributed by atoms with E-state index in [0.717, 1.165) is 24.6 Å². The van der Waals surface area contributed by atoms with Gasteiger partial charge >= 0.3 is 11.9 Å². The summed E-state index contributed by atoms with van der Waals surface area (Å²) in [6, 6.07) is 0. The summed E-state index contributed by atoms with van der Waals surface area (Å²) in [4.78, 5) is 26.5. The molecule has 0 aromatic rings. The number of rotatable bonds is 4. The lowest BCUT2D eigenvalue weighted by atomic mass is 9.87. The number of hydrogen-bond donors (Lipinski definition) is 1. The summed E-state index contributed by atoms with van der Waals surface area (Å²) in [6.45, 7) is 9.34. The van der Waals surface area contributed by atoms with Crippen LogP contribution < -0.4 is 5.32 Å². The Morgan fingerprint density at radius 1 is 1.19 bits per heavy atom. The standard InChI is InChI=1S/C15H22N2O4/c1-5-20-14(18)11-9(3)12(15(19)21-6-2)13-16-7-8-17(13)10(11)4/h9,16H,5-8H2,1-4H3. The number of ether oxygens (including phenoxy) is 2. The molecule has 0 saturated carbocycles. The monoisotopic (exact) mass is 294 g/mol. The number of allylic oxidation sites excluding steroid dienone is 1. The highest BCUT2D eigenvalue weighted by atomic mass is 16.5. The first-order valence-corrected chi connectivity index (χ1v) is 7.33. The second-order valence-corrected chi connectivity index (χ2v) is 5.00. The summed E-state index contributed by atoms with van der Waals surface area (Å²) in [5.41, 5.74) is 1.88. The van der Waals surface area contributed by atoms with E-state index in [2.05, 4.69) is 5.32 Å². The van der Waals surface area contributed by atoms with Crippen LogP contribution in [0.5, 0.6) is 0 Å². The number of nitrogens with zero attached hydrogens (tertiary/aromatic N) is 1. The molecular formula is C15H22N2O4.